The van der Waals surface area contributed by atoms with Crippen LogP contribution in [0.4, 0.5) is 0 Å². The van der Waals surface area contributed by atoms with Gasteiger partial charge in [-0.1, -0.05) is 17.8 Å². The first-order valence-electron chi connectivity index (χ1n) is 8.55. The Morgan fingerprint density at radius 1 is 1.46 bits per heavy atom. The molecule has 1 aromatic carbocycles. The molecule has 0 bridgehead atoms. The van der Waals surface area contributed by atoms with E-state index in [1.54, 1.807) is 13.3 Å². The number of benzene rings is 1. The Morgan fingerprint density at radius 3 is 3.19 bits per heavy atom. The van der Waals surface area contributed by atoms with Crippen LogP contribution in [0.5, 0.6) is 5.75 Å². The van der Waals surface area contributed by atoms with Crippen LogP contribution in [0, 0.1) is 0 Å². The van der Waals surface area contributed by atoms with Crippen LogP contribution in [0.3, 0.4) is 0 Å². The Labute approximate surface area is 156 Å². The van der Waals surface area contributed by atoms with Crippen molar-refractivity contribution in [2.24, 2.45) is 0 Å². The minimum absolute atomic E-state index is 0.0984. The van der Waals surface area contributed by atoms with Crippen molar-refractivity contribution >= 4 is 23.6 Å². The lowest BCUT2D eigenvalue weighted by atomic mass is 10.1. The van der Waals surface area contributed by atoms with Crippen LogP contribution < -0.4 is 15.4 Å². The maximum absolute atomic E-state index is 12.2. The molecule has 138 valence electrons. The van der Waals surface area contributed by atoms with Gasteiger partial charge < -0.3 is 15.4 Å². The van der Waals surface area contributed by atoms with Crippen LogP contribution in [-0.2, 0) is 9.59 Å². The van der Waals surface area contributed by atoms with Crippen molar-refractivity contribution < 1.29 is 14.3 Å². The number of hydrogen-bond donors (Lipinski definition) is 2. The summed E-state index contributed by atoms with van der Waals surface area (Å²) in [5, 5.41) is 6.35. The van der Waals surface area contributed by atoms with Gasteiger partial charge in [0.15, 0.2) is 5.16 Å². The summed E-state index contributed by atoms with van der Waals surface area (Å²) in [6.45, 7) is 0.678. The molecule has 1 atom stereocenters. The van der Waals surface area contributed by atoms with Crippen molar-refractivity contribution in [2.75, 3.05) is 19.4 Å². The van der Waals surface area contributed by atoms with Gasteiger partial charge in [0, 0.05) is 25.0 Å². The molecule has 2 amide bonds. The lowest BCUT2D eigenvalue weighted by Gasteiger charge is -2.15. The van der Waals surface area contributed by atoms with E-state index < -0.39 is 6.04 Å². The van der Waals surface area contributed by atoms with E-state index in [1.165, 1.54) is 11.8 Å². The van der Waals surface area contributed by atoms with Crippen molar-refractivity contribution in [3.8, 4) is 11.4 Å². The molecule has 2 N–H and O–H groups in total. The van der Waals surface area contributed by atoms with Gasteiger partial charge in [0.05, 0.1) is 18.6 Å². The first-order valence-corrected chi connectivity index (χ1v) is 9.53. The predicted octanol–water partition coefficient (Wildman–Crippen LogP) is 1.76. The van der Waals surface area contributed by atoms with E-state index in [2.05, 4.69) is 15.6 Å². The smallest absolute Gasteiger partial charge is 0.242 e. The van der Waals surface area contributed by atoms with Gasteiger partial charge in [0.1, 0.15) is 11.8 Å². The topological polar surface area (TPSA) is 85.2 Å². The Balaban J connectivity index is 1.60. The molecular formula is C18H22N4O3S. The van der Waals surface area contributed by atoms with E-state index in [0.29, 0.717) is 18.1 Å². The van der Waals surface area contributed by atoms with Crippen molar-refractivity contribution in [2.45, 2.75) is 30.5 Å². The highest BCUT2D eigenvalue weighted by Gasteiger charge is 2.22. The lowest BCUT2D eigenvalue weighted by molar-refractivity contribution is -0.127. The average molecular weight is 374 g/mol. The second-order valence-electron chi connectivity index (χ2n) is 5.98. The van der Waals surface area contributed by atoms with Crippen molar-refractivity contribution in [3.05, 3.63) is 36.7 Å². The zero-order valence-corrected chi connectivity index (χ0v) is 15.4. The largest absolute Gasteiger partial charge is 0.497 e. The summed E-state index contributed by atoms with van der Waals surface area (Å²) in [4.78, 5) is 28.5. The zero-order valence-electron chi connectivity index (χ0n) is 14.6. The van der Waals surface area contributed by atoms with Crippen molar-refractivity contribution in [1.82, 2.24) is 20.2 Å². The van der Waals surface area contributed by atoms with Crippen molar-refractivity contribution in [1.29, 1.82) is 0 Å². The summed E-state index contributed by atoms with van der Waals surface area (Å²) in [6.07, 6.45) is 6.09. The molecule has 1 saturated heterocycles. The highest BCUT2D eigenvalue weighted by molar-refractivity contribution is 7.99. The quantitative estimate of drug-likeness (QED) is 0.753. The van der Waals surface area contributed by atoms with E-state index in [9.17, 15) is 9.59 Å². The number of imidazole rings is 1. The molecule has 0 saturated carbocycles. The monoisotopic (exact) mass is 374 g/mol. The van der Waals surface area contributed by atoms with E-state index in [4.69, 9.17) is 4.74 Å². The normalized spacial score (nSPS) is 17.3. The molecule has 2 heterocycles. The lowest BCUT2D eigenvalue weighted by Crippen LogP contribution is -2.46. The number of ether oxygens (including phenoxy) is 1. The maximum Gasteiger partial charge on any atom is 0.242 e. The molecule has 2 aromatic rings. The van der Waals surface area contributed by atoms with Gasteiger partial charge in [0.25, 0.3) is 0 Å². The number of amides is 2. The minimum atomic E-state index is -0.441. The zero-order chi connectivity index (χ0) is 18.4. The Morgan fingerprint density at radius 2 is 2.35 bits per heavy atom. The van der Waals surface area contributed by atoms with Gasteiger partial charge in [0.2, 0.25) is 11.8 Å². The summed E-state index contributed by atoms with van der Waals surface area (Å²) in [7, 11) is 1.62. The Hall–Kier alpha value is -2.48. The molecule has 7 nitrogen and oxygen atoms in total. The fraction of sp³-hybridized carbons (Fsp3) is 0.389. The number of carbonyl (C=O) groups excluding carboxylic acids is 2. The summed E-state index contributed by atoms with van der Waals surface area (Å²) >= 11 is 1.33. The van der Waals surface area contributed by atoms with Crippen molar-refractivity contribution in [3.63, 3.8) is 0 Å². The van der Waals surface area contributed by atoms with Crippen LogP contribution in [0.1, 0.15) is 19.3 Å². The van der Waals surface area contributed by atoms with E-state index >= 15 is 0 Å². The standard InChI is InChI=1S/C18H22N4O3S/c1-25-14-6-4-5-13(11-14)22-10-9-20-18(22)26-12-16(23)21-15-7-2-3-8-19-17(15)24/h4-6,9-11,15H,2-3,7-8,12H2,1H3,(H,19,24)(H,21,23)/t15-/m1/s1. The predicted molar refractivity (Wildman–Crippen MR) is 99.6 cm³/mol. The first kappa shape index (κ1) is 18.3. The third-order valence-corrected chi connectivity index (χ3v) is 5.11. The fourth-order valence-corrected chi connectivity index (χ4v) is 3.58. The van der Waals surface area contributed by atoms with E-state index in [0.717, 1.165) is 24.3 Å². The number of nitrogens with zero attached hydrogens (tertiary/aromatic N) is 2. The maximum atomic E-state index is 12.2. The SMILES string of the molecule is COc1cccc(-n2ccnc2SCC(=O)N[C@@H]2CCCCNC2=O)c1. The molecule has 0 unspecified atom stereocenters. The number of methoxy groups -OCH3 is 1. The summed E-state index contributed by atoms with van der Waals surface area (Å²) in [5.74, 6) is 0.686. The summed E-state index contributed by atoms with van der Waals surface area (Å²) in [5.41, 5.74) is 0.910. The van der Waals surface area contributed by atoms with E-state index in [1.807, 2.05) is 35.0 Å². The van der Waals surface area contributed by atoms with Crippen LogP contribution in [0.15, 0.2) is 41.8 Å². The number of aromatic nitrogens is 2. The molecule has 26 heavy (non-hydrogen) atoms. The van der Waals surface area contributed by atoms with Gasteiger partial charge in [-0.15, -0.1) is 0 Å². The number of thioether (sulfide) groups is 1. The molecule has 3 rings (SSSR count). The molecular weight excluding hydrogens is 352 g/mol. The average Bonchev–Trinajstić information content (AvgIpc) is 3.04. The first-order chi connectivity index (χ1) is 12.7. The Kier molecular flexibility index (Phi) is 6.17. The molecule has 1 aliphatic heterocycles. The molecule has 1 aromatic heterocycles. The van der Waals surface area contributed by atoms with Gasteiger partial charge in [-0.3, -0.25) is 14.2 Å². The molecule has 1 aliphatic rings. The summed E-state index contributed by atoms with van der Waals surface area (Å²) < 4.78 is 7.15. The third kappa shape index (κ3) is 4.57. The molecule has 0 spiro atoms. The second-order valence-corrected chi connectivity index (χ2v) is 6.92. The number of hydrogen-bond acceptors (Lipinski definition) is 5. The second kappa shape index (κ2) is 8.75. The van der Waals surface area contributed by atoms with Gasteiger partial charge in [-0.2, -0.15) is 0 Å². The van der Waals surface area contributed by atoms with E-state index in [-0.39, 0.29) is 17.6 Å². The van der Waals surface area contributed by atoms with Crippen LogP contribution >= 0.6 is 11.8 Å². The van der Waals surface area contributed by atoms with Gasteiger partial charge in [-0.05, 0) is 31.4 Å². The summed E-state index contributed by atoms with van der Waals surface area (Å²) in [6, 6.07) is 7.19. The highest BCUT2D eigenvalue weighted by Crippen LogP contribution is 2.23. The number of carbonyl (C=O) groups is 2. The molecule has 1 fully saturated rings. The minimum Gasteiger partial charge on any atom is -0.497 e. The molecule has 0 radical (unpaired) electrons. The third-order valence-electron chi connectivity index (χ3n) is 4.14. The molecule has 0 aliphatic carbocycles. The highest BCUT2D eigenvalue weighted by atomic mass is 32.2. The van der Waals surface area contributed by atoms with Gasteiger partial charge >= 0.3 is 0 Å². The molecule has 8 heteroatoms. The fourth-order valence-electron chi connectivity index (χ4n) is 2.80. The van der Waals surface area contributed by atoms with Crippen LogP contribution in [-0.4, -0.2) is 46.8 Å². The number of nitrogens with one attached hydrogen (secondary N) is 2. The van der Waals surface area contributed by atoms with Gasteiger partial charge in [-0.25, -0.2) is 4.98 Å². The van der Waals surface area contributed by atoms with Crippen LogP contribution in [0.2, 0.25) is 0 Å². The Bertz CT molecular complexity index is 777. The number of rotatable bonds is 6. The van der Waals surface area contributed by atoms with Crippen LogP contribution in [0.25, 0.3) is 5.69 Å².